The van der Waals surface area contributed by atoms with E-state index in [0.29, 0.717) is 52.3 Å². The fourth-order valence-corrected chi connectivity index (χ4v) is 4.38. The van der Waals surface area contributed by atoms with Gasteiger partial charge in [-0.2, -0.15) is 0 Å². The van der Waals surface area contributed by atoms with Crippen LogP contribution in [0.5, 0.6) is 5.75 Å². The van der Waals surface area contributed by atoms with E-state index >= 15 is 0 Å². The number of benzene rings is 2. The molecule has 2 unspecified atom stereocenters. The second kappa shape index (κ2) is 11.9. The van der Waals surface area contributed by atoms with E-state index in [1.54, 1.807) is 24.3 Å². The van der Waals surface area contributed by atoms with Crippen LogP contribution < -0.4 is 15.4 Å². The molecule has 190 valence electrons. The number of alkyl halides is 1. The van der Waals surface area contributed by atoms with E-state index < -0.39 is 5.82 Å². The molecular formula is C26H28Cl2FN5O2. The zero-order valence-electron chi connectivity index (χ0n) is 20.1. The number of halogens is 3. The van der Waals surface area contributed by atoms with Crippen LogP contribution >= 0.6 is 23.2 Å². The summed E-state index contributed by atoms with van der Waals surface area (Å²) in [6.07, 6.45) is 6.51. The standard InChI is InChI=1S/C26H28Cl2FN5O2/c1-34(2)14-17-10-16(17)7-9-36-24-13-22-19(12-23(24)33-25(35)4-3-8-27)26(31-15-30-22)32-18-5-6-21(29)20(28)11-18/h3-6,11-13,15-17H,7-10,14H2,1-2H3,(H,33,35)(H,30,31,32)/b4-3+. The van der Waals surface area contributed by atoms with E-state index in [9.17, 15) is 9.18 Å². The number of nitrogens with zero attached hydrogens (tertiary/aromatic N) is 3. The molecular weight excluding hydrogens is 504 g/mol. The van der Waals surface area contributed by atoms with Crippen LogP contribution in [0.1, 0.15) is 12.8 Å². The number of aromatic nitrogens is 2. The van der Waals surface area contributed by atoms with E-state index in [2.05, 4.69) is 39.6 Å². The Bertz CT molecular complexity index is 1270. The zero-order valence-corrected chi connectivity index (χ0v) is 21.6. The van der Waals surface area contributed by atoms with Crippen molar-refractivity contribution in [2.75, 3.05) is 43.8 Å². The Morgan fingerprint density at radius 2 is 2.08 bits per heavy atom. The number of hydrogen-bond donors (Lipinski definition) is 2. The summed E-state index contributed by atoms with van der Waals surface area (Å²) in [5.41, 5.74) is 1.68. The molecule has 1 aromatic heterocycles. The van der Waals surface area contributed by atoms with Gasteiger partial charge in [-0.25, -0.2) is 14.4 Å². The first-order chi connectivity index (χ1) is 17.3. The van der Waals surface area contributed by atoms with Gasteiger partial charge in [0, 0.05) is 35.6 Å². The number of nitrogens with one attached hydrogen (secondary N) is 2. The van der Waals surface area contributed by atoms with Crippen LogP contribution in [-0.2, 0) is 4.79 Å². The topological polar surface area (TPSA) is 79.4 Å². The largest absolute Gasteiger partial charge is 0.491 e. The van der Waals surface area contributed by atoms with Crippen molar-refractivity contribution in [3.63, 3.8) is 0 Å². The van der Waals surface area contributed by atoms with Crippen LogP contribution in [0.3, 0.4) is 0 Å². The molecule has 0 radical (unpaired) electrons. The number of carbonyl (C=O) groups is 1. The number of hydrogen-bond acceptors (Lipinski definition) is 6. The van der Waals surface area contributed by atoms with Crippen LogP contribution in [-0.4, -0.2) is 53.9 Å². The Labute approximate surface area is 219 Å². The van der Waals surface area contributed by atoms with Crippen LogP contribution in [0, 0.1) is 17.7 Å². The molecule has 2 atom stereocenters. The van der Waals surface area contributed by atoms with E-state index in [1.807, 2.05) is 0 Å². The molecule has 2 aromatic carbocycles. The first kappa shape index (κ1) is 26.1. The van der Waals surface area contributed by atoms with E-state index in [1.165, 1.54) is 31.0 Å². The monoisotopic (exact) mass is 531 g/mol. The summed E-state index contributed by atoms with van der Waals surface area (Å²) in [5, 5.41) is 6.65. The second-order valence-electron chi connectivity index (χ2n) is 9.04. The number of carbonyl (C=O) groups excluding carboxylic acids is 1. The van der Waals surface area contributed by atoms with Crippen molar-refractivity contribution >= 4 is 57.2 Å². The second-order valence-corrected chi connectivity index (χ2v) is 9.76. The number of rotatable bonds is 11. The Balaban J connectivity index is 1.58. The number of allylic oxidation sites excluding steroid dienone is 1. The van der Waals surface area contributed by atoms with E-state index in [4.69, 9.17) is 27.9 Å². The smallest absolute Gasteiger partial charge is 0.248 e. The van der Waals surface area contributed by atoms with Crippen molar-refractivity contribution in [2.24, 2.45) is 11.8 Å². The lowest BCUT2D eigenvalue weighted by molar-refractivity contribution is -0.111. The Kier molecular flexibility index (Phi) is 8.61. The van der Waals surface area contributed by atoms with Gasteiger partial charge in [0.2, 0.25) is 5.91 Å². The molecule has 1 aliphatic rings. The summed E-state index contributed by atoms with van der Waals surface area (Å²) in [7, 11) is 4.18. The van der Waals surface area contributed by atoms with Crippen molar-refractivity contribution in [2.45, 2.75) is 12.8 Å². The highest BCUT2D eigenvalue weighted by atomic mass is 35.5. The fraction of sp³-hybridized carbons (Fsp3) is 0.346. The summed E-state index contributed by atoms with van der Waals surface area (Å²) in [6.45, 7) is 1.62. The third-order valence-corrected chi connectivity index (χ3v) is 6.42. The van der Waals surface area contributed by atoms with Crippen LogP contribution in [0.2, 0.25) is 5.02 Å². The minimum Gasteiger partial charge on any atom is -0.491 e. The SMILES string of the molecule is CN(C)CC1CC1CCOc1cc2ncnc(Nc3ccc(F)c(Cl)c3)c2cc1NC(=O)/C=C/CCl. The van der Waals surface area contributed by atoms with Gasteiger partial charge >= 0.3 is 0 Å². The van der Waals surface area contributed by atoms with Crippen molar-refractivity contribution in [3.8, 4) is 5.75 Å². The van der Waals surface area contributed by atoms with Crippen molar-refractivity contribution < 1.29 is 13.9 Å². The van der Waals surface area contributed by atoms with Gasteiger partial charge in [0.15, 0.2) is 0 Å². The molecule has 36 heavy (non-hydrogen) atoms. The molecule has 0 aliphatic heterocycles. The van der Waals surface area contributed by atoms with Gasteiger partial charge in [0.25, 0.3) is 0 Å². The summed E-state index contributed by atoms with van der Waals surface area (Å²) < 4.78 is 19.7. The lowest BCUT2D eigenvalue weighted by atomic mass is 10.1. The third kappa shape index (κ3) is 6.84. The average Bonchev–Trinajstić information content (AvgIpc) is 3.57. The number of amides is 1. The number of anilines is 3. The maximum atomic E-state index is 13.6. The summed E-state index contributed by atoms with van der Waals surface area (Å²) in [6, 6.07) is 7.86. The van der Waals surface area contributed by atoms with Gasteiger partial charge in [-0.05, 0) is 63.0 Å². The lowest BCUT2D eigenvalue weighted by Crippen LogP contribution is -2.15. The summed E-state index contributed by atoms with van der Waals surface area (Å²) in [5.74, 6) is 1.75. The molecule has 1 fully saturated rings. The van der Waals surface area contributed by atoms with Crippen molar-refractivity contribution in [1.29, 1.82) is 0 Å². The van der Waals surface area contributed by atoms with Crippen LogP contribution in [0.25, 0.3) is 10.9 Å². The normalized spacial score (nSPS) is 17.1. The van der Waals surface area contributed by atoms with Gasteiger partial charge in [-0.3, -0.25) is 4.79 Å². The Morgan fingerprint density at radius 3 is 2.83 bits per heavy atom. The molecule has 0 saturated heterocycles. The molecule has 1 amide bonds. The van der Waals surface area contributed by atoms with Crippen molar-refractivity contribution in [3.05, 3.63) is 59.7 Å². The van der Waals surface area contributed by atoms with Gasteiger partial charge in [-0.15, -0.1) is 11.6 Å². The maximum absolute atomic E-state index is 13.6. The molecule has 7 nitrogen and oxygen atoms in total. The number of fused-ring (bicyclic) bond motifs is 1. The van der Waals surface area contributed by atoms with E-state index in [-0.39, 0.29) is 16.8 Å². The predicted octanol–water partition coefficient (Wildman–Crippen LogP) is 5.87. The molecule has 0 spiro atoms. The van der Waals surface area contributed by atoms with Gasteiger partial charge in [-0.1, -0.05) is 17.7 Å². The minimum absolute atomic E-state index is 0.00318. The molecule has 1 heterocycles. The first-order valence-corrected chi connectivity index (χ1v) is 12.6. The zero-order chi connectivity index (χ0) is 25.7. The quantitative estimate of drug-likeness (QED) is 0.238. The molecule has 1 aliphatic carbocycles. The van der Waals surface area contributed by atoms with E-state index in [0.717, 1.165) is 13.0 Å². The highest BCUT2D eigenvalue weighted by Crippen LogP contribution is 2.42. The maximum Gasteiger partial charge on any atom is 0.248 e. The minimum atomic E-state index is -0.509. The highest BCUT2D eigenvalue weighted by Gasteiger charge is 2.36. The first-order valence-electron chi connectivity index (χ1n) is 11.7. The van der Waals surface area contributed by atoms with Crippen LogP contribution in [0.4, 0.5) is 21.6 Å². The number of ether oxygens (including phenoxy) is 1. The summed E-state index contributed by atoms with van der Waals surface area (Å²) in [4.78, 5) is 23.3. The molecule has 1 saturated carbocycles. The van der Waals surface area contributed by atoms with Crippen molar-refractivity contribution in [1.82, 2.24) is 14.9 Å². The lowest BCUT2D eigenvalue weighted by Gasteiger charge is -2.15. The van der Waals surface area contributed by atoms with Gasteiger partial charge < -0.3 is 20.3 Å². The predicted molar refractivity (Wildman–Crippen MR) is 143 cm³/mol. The molecule has 0 bridgehead atoms. The highest BCUT2D eigenvalue weighted by molar-refractivity contribution is 6.31. The molecule has 2 N–H and O–H groups in total. The molecule has 10 heteroatoms. The summed E-state index contributed by atoms with van der Waals surface area (Å²) >= 11 is 11.6. The molecule has 3 aromatic rings. The molecule has 4 rings (SSSR count). The van der Waals surface area contributed by atoms with Gasteiger partial charge in [0.05, 0.1) is 22.8 Å². The Hall–Kier alpha value is -2.94. The third-order valence-electron chi connectivity index (χ3n) is 5.95. The Morgan fingerprint density at radius 1 is 1.25 bits per heavy atom. The average molecular weight is 532 g/mol. The fourth-order valence-electron chi connectivity index (χ4n) is 4.11. The van der Waals surface area contributed by atoms with Crippen LogP contribution in [0.15, 0.2) is 48.8 Å². The van der Waals surface area contributed by atoms with Gasteiger partial charge in [0.1, 0.15) is 23.7 Å².